The molecule has 0 atom stereocenters. The van der Waals surface area contributed by atoms with Gasteiger partial charge in [0.05, 0.1) is 12.7 Å². The van der Waals surface area contributed by atoms with E-state index in [2.05, 4.69) is 16.5 Å². The van der Waals surface area contributed by atoms with Crippen LogP contribution in [0.4, 0.5) is 5.82 Å². The number of hydrogen-bond acceptors (Lipinski definition) is 3. The van der Waals surface area contributed by atoms with Crippen molar-refractivity contribution in [2.45, 2.75) is 6.54 Å². The first-order valence-corrected chi connectivity index (χ1v) is 3.29. The van der Waals surface area contributed by atoms with E-state index in [1.165, 1.54) is 0 Å². The van der Waals surface area contributed by atoms with Gasteiger partial charge in [0.25, 0.3) is 0 Å². The third-order valence-electron chi connectivity index (χ3n) is 1.58. The van der Waals surface area contributed by atoms with Crippen LogP contribution in [0.1, 0.15) is 5.56 Å². The Balaban J connectivity index is 2.52. The normalized spacial score (nSPS) is 13.4. The van der Waals surface area contributed by atoms with Crippen molar-refractivity contribution in [2.75, 3.05) is 5.32 Å². The van der Waals surface area contributed by atoms with E-state index in [9.17, 15) is 0 Å². The van der Waals surface area contributed by atoms with E-state index in [1.54, 1.807) is 10.9 Å². The van der Waals surface area contributed by atoms with Crippen LogP contribution in [-0.4, -0.2) is 9.78 Å². The van der Waals surface area contributed by atoms with Crippen LogP contribution in [0.3, 0.4) is 0 Å². The van der Waals surface area contributed by atoms with Crippen molar-refractivity contribution in [2.24, 2.45) is 0 Å². The summed E-state index contributed by atoms with van der Waals surface area (Å²) in [5.41, 5.74) is 0.592. The minimum absolute atomic E-state index is 0.592. The van der Waals surface area contributed by atoms with Crippen LogP contribution in [0.2, 0.25) is 0 Å². The van der Waals surface area contributed by atoms with Gasteiger partial charge >= 0.3 is 0 Å². The highest BCUT2D eigenvalue weighted by Gasteiger charge is 2.09. The third kappa shape index (κ3) is 0.783. The quantitative estimate of drug-likeness (QED) is 0.586. The predicted molar refractivity (Wildman–Crippen MR) is 39.7 cm³/mol. The van der Waals surface area contributed by atoms with Crippen LogP contribution in [0.25, 0.3) is 0 Å². The molecule has 0 fully saturated rings. The molecule has 1 N–H and O–H groups in total. The summed E-state index contributed by atoms with van der Waals surface area (Å²) in [5, 5.41) is 15.6. The van der Waals surface area contributed by atoms with Crippen LogP contribution in [0.15, 0.2) is 18.5 Å². The summed E-state index contributed by atoms with van der Waals surface area (Å²) in [5.74, 6) is 0.787. The Kier molecular flexibility index (Phi) is 1.16. The van der Waals surface area contributed by atoms with Crippen molar-refractivity contribution in [1.82, 2.24) is 9.78 Å². The summed E-state index contributed by atoms with van der Waals surface area (Å²) in [7, 11) is 0. The maximum absolute atomic E-state index is 8.62. The van der Waals surface area contributed by atoms with Crippen molar-refractivity contribution in [3.8, 4) is 6.07 Å². The van der Waals surface area contributed by atoms with E-state index in [0.717, 1.165) is 12.4 Å². The van der Waals surface area contributed by atoms with Gasteiger partial charge in [0.1, 0.15) is 17.5 Å². The minimum Gasteiger partial charge on any atom is -0.346 e. The second-order valence-corrected chi connectivity index (χ2v) is 2.25. The van der Waals surface area contributed by atoms with Crippen molar-refractivity contribution >= 4 is 5.82 Å². The van der Waals surface area contributed by atoms with Crippen molar-refractivity contribution in [3.05, 3.63) is 24.0 Å². The summed E-state index contributed by atoms with van der Waals surface area (Å²) in [6, 6.07) is 2.06. The monoisotopic (exact) mass is 146 g/mol. The zero-order valence-electron chi connectivity index (χ0n) is 5.78. The van der Waals surface area contributed by atoms with Crippen molar-refractivity contribution in [1.29, 1.82) is 5.26 Å². The lowest BCUT2D eigenvalue weighted by Gasteiger charge is -2.08. The molecule has 1 aliphatic heterocycles. The molecule has 4 nitrogen and oxygen atoms in total. The Bertz CT molecular complexity index is 342. The number of nitriles is 1. The average molecular weight is 146 g/mol. The number of rotatable bonds is 0. The van der Waals surface area contributed by atoms with Crippen LogP contribution >= 0.6 is 0 Å². The first kappa shape index (κ1) is 5.98. The second kappa shape index (κ2) is 2.13. The van der Waals surface area contributed by atoms with E-state index in [1.807, 2.05) is 12.3 Å². The molecule has 0 unspecified atom stereocenters. The molecule has 0 bridgehead atoms. The lowest BCUT2D eigenvalue weighted by atomic mass is 10.3. The number of allylic oxidation sites excluding steroid dienone is 1. The highest BCUT2D eigenvalue weighted by Crippen LogP contribution is 2.16. The molecule has 4 heteroatoms. The first-order valence-electron chi connectivity index (χ1n) is 3.29. The molecule has 0 radical (unpaired) electrons. The zero-order valence-corrected chi connectivity index (χ0v) is 5.78. The molecule has 2 heterocycles. The second-order valence-electron chi connectivity index (χ2n) is 2.25. The fourth-order valence-electron chi connectivity index (χ4n) is 1.05. The van der Waals surface area contributed by atoms with Gasteiger partial charge in [0.15, 0.2) is 0 Å². The number of nitrogens with one attached hydrogen (secondary N) is 1. The lowest BCUT2D eigenvalue weighted by Crippen LogP contribution is -2.08. The highest BCUT2D eigenvalue weighted by atomic mass is 15.3. The summed E-state index contributed by atoms with van der Waals surface area (Å²) < 4.78 is 1.75. The van der Waals surface area contributed by atoms with Gasteiger partial charge in [-0.3, -0.25) is 0 Å². The van der Waals surface area contributed by atoms with Gasteiger partial charge in [-0.25, -0.2) is 4.68 Å². The van der Waals surface area contributed by atoms with Gasteiger partial charge in [0, 0.05) is 6.20 Å². The number of anilines is 1. The molecule has 54 valence electrons. The van der Waals surface area contributed by atoms with Gasteiger partial charge in [-0.2, -0.15) is 10.4 Å². The minimum atomic E-state index is 0.592. The molecule has 0 aliphatic carbocycles. The summed E-state index contributed by atoms with van der Waals surface area (Å²) in [6.07, 6.45) is 5.33. The van der Waals surface area contributed by atoms with Crippen LogP contribution < -0.4 is 5.32 Å². The lowest BCUT2D eigenvalue weighted by molar-refractivity contribution is 0.700. The molecule has 0 spiro atoms. The molecule has 0 aromatic carbocycles. The average Bonchev–Trinajstić information content (AvgIpc) is 2.47. The maximum Gasteiger partial charge on any atom is 0.146 e. The fraction of sp³-hybridized carbons (Fsp3) is 0.143. The number of nitrogens with zero attached hydrogens (tertiary/aromatic N) is 3. The van der Waals surface area contributed by atoms with Gasteiger partial charge in [-0.05, 0) is 6.08 Å². The van der Waals surface area contributed by atoms with E-state index in [0.29, 0.717) is 5.56 Å². The predicted octanol–water partition coefficient (Wildman–Crippen LogP) is 0.694. The third-order valence-corrected chi connectivity index (χ3v) is 1.58. The summed E-state index contributed by atoms with van der Waals surface area (Å²) >= 11 is 0. The zero-order chi connectivity index (χ0) is 7.68. The first-order chi connectivity index (χ1) is 5.42. The SMILES string of the molecule is N#Cc1cnn2c1NC=CC2. The molecular formula is C7H6N4. The van der Waals surface area contributed by atoms with Crippen LogP contribution in [0, 0.1) is 11.3 Å². The molecule has 1 aromatic heterocycles. The molecule has 0 saturated heterocycles. The van der Waals surface area contributed by atoms with Crippen molar-refractivity contribution in [3.63, 3.8) is 0 Å². The topological polar surface area (TPSA) is 53.6 Å². The standard InChI is InChI=1S/C7H6N4/c8-4-6-5-10-11-3-1-2-9-7(6)11/h1-2,5,9H,3H2. The summed E-state index contributed by atoms with van der Waals surface area (Å²) in [6.45, 7) is 0.740. The summed E-state index contributed by atoms with van der Waals surface area (Å²) in [4.78, 5) is 0. The highest BCUT2D eigenvalue weighted by molar-refractivity contribution is 5.54. The Hall–Kier alpha value is -1.76. The Morgan fingerprint density at radius 1 is 1.73 bits per heavy atom. The number of aromatic nitrogens is 2. The molecule has 1 aliphatic rings. The van der Waals surface area contributed by atoms with Gasteiger partial charge in [-0.15, -0.1) is 0 Å². The van der Waals surface area contributed by atoms with E-state index in [4.69, 9.17) is 5.26 Å². The fourth-order valence-corrected chi connectivity index (χ4v) is 1.05. The Morgan fingerprint density at radius 3 is 3.45 bits per heavy atom. The van der Waals surface area contributed by atoms with E-state index < -0.39 is 0 Å². The maximum atomic E-state index is 8.62. The molecular weight excluding hydrogens is 140 g/mol. The molecule has 1 aromatic rings. The number of hydrogen-bond donors (Lipinski definition) is 1. The van der Waals surface area contributed by atoms with Crippen LogP contribution in [0.5, 0.6) is 0 Å². The van der Waals surface area contributed by atoms with E-state index in [-0.39, 0.29) is 0 Å². The molecule has 11 heavy (non-hydrogen) atoms. The van der Waals surface area contributed by atoms with Gasteiger partial charge < -0.3 is 5.32 Å². The Morgan fingerprint density at radius 2 is 2.64 bits per heavy atom. The Labute approximate surface area is 63.7 Å². The van der Waals surface area contributed by atoms with Crippen LogP contribution in [-0.2, 0) is 6.54 Å². The molecule has 2 rings (SSSR count). The van der Waals surface area contributed by atoms with Crippen molar-refractivity contribution < 1.29 is 0 Å². The van der Waals surface area contributed by atoms with E-state index >= 15 is 0 Å². The molecule has 0 saturated carbocycles. The van der Waals surface area contributed by atoms with Gasteiger partial charge in [-0.1, -0.05) is 0 Å². The largest absolute Gasteiger partial charge is 0.346 e. The molecule has 0 amide bonds. The number of fused-ring (bicyclic) bond motifs is 1. The van der Waals surface area contributed by atoms with Gasteiger partial charge in [0.2, 0.25) is 0 Å². The smallest absolute Gasteiger partial charge is 0.146 e.